The third kappa shape index (κ3) is 5.03. The third-order valence-electron chi connectivity index (χ3n) is 7.21. The summed E-state index contributed by atoms with van der Waals surface area (Å²) < 4.78 is 1.77. The van der Waals surface area contributed by atoms with Gasteiger partial charge in [-0.25, -0.2) is 9.97 Å². The number of nitrogens with zero attached hydrogens (tertiary/aromatic N) is 5. The number of anilines is 3. The zero-order valence-corrected chi connectivity index (χ0v) is 22.5. The smallest absolute Gasteiger partial charge is 0.298 e. The molecule has 1 aliphatic rings. The Balaban J connectivity index is 1.14. The van der Waals surface area contributed by atoms with Gasteiger partial charge in [-0.1, -0.05) is 36.4 Å². The molecule has 1 fully saturated rings. The lowest BCUT2D eigenvalue weighted by molar-refractivity contribution is -0.112. The van der Waals surface area contributed by atoms with Crippen molar-refractivity contribution in [3.8, 4) is 11.1 Å². The summed E-state index contributed by atoms with van der Waals surface area (Å²) in [4.78, 5) is 40.3. The quantitative estimate of drug-likeness (QED) is 0.241. The number of pyridine rings is 1. The second-order valence-electron chi connectivity index (χ2n) is 10.0. The fourth-order valence-corrected chi connectivity index (χ4v) is 5.26. The van der Waals surface area contributed by atoms with Crippen molar-refractivity contribution in [2.75, 3.05) is 41.3 Å². The third-order valence-corrected chi connectivity index (χ3v) is 7.21. The molecule has 8 nitrogen and oxygen atoms in total. The molecule has 2 aromatic carbocycles. The molecule has 1 saturated heterocycles. The van der Waals surface area contributed by atoms with Crippen LogP contribution in [0.25, 0.3) is 16.6 Å². The van der Waals surface area contributed by atoms with Crippen molar-refractivity contribution >= 4 is 34.5 Å². The van der Waals surface area contributed by atoms with Gasteiger partial charge in [0.05, 0.1) is 0 Å². The predicted molar refractivity (Wildman–Crippen MR) is 158 cm³/mol. The van der Waals surface area contributed by atoms with Crippen LogP contribution in [-0.4, -0.2) is 52.2 Å². The minimum atomic E-state index is -0.671. The van der Waals surface area contributed by atoms with Crippen molar-refractivity contribution in [2.45, 2.75) is 13.8 Å². The lowest BCUT2D eigenvalue weighted by atomic mass is 10.0. The van der Waals surface area contributed by atoms with E-state index < -0.39 is 11.7 Å². The molecule has 0 bridgehead atoms. The molecule has 3 aromatic heterocycles. The molecular weight excluding hydrogens is 500 g/mol. The monoisotopic (exact) mass is 530 g/mol. The maximum Gasteiger partial charge on any atom is 0.298 e. The lowest BCUT2D eigenvalue weighted by Crippen LogP contribution is -2.47. The molecule has 1 aliphatic heterocycles. The number of rotatable bonds is 6. The molecule has 0 aliphatic carbocycles. The number of fused-ring (bicyclic) bond motifs is 1. The SMILES string of the molecule is Cc1cc(C)nc(N2CCN(c3ccc(NC(=O)C(=O)c4c(-c5ccccc5)cc5ccccn45)cc3)CC2)n1. The summed E-state index contributed by atoms with van der Waals surface area (Å²) in [6, 6.07) is 26.9. The van der Waals surface area contributed by atoms with Gasteiger partial charge in [0, 0.05) is 66.2 Å². The van der Waals surface area contributed by atoms with E-state index in [-0.39, 0.29) is 0 Å². The number of Topliss-reactive ketones (excluding diaryl/α,β-unsaturated/α-hetero) is 1. The number of nitrogens with one attached hydrogen (secondary N) is 1. The first-order chi connectivity index (χ1) is 19.5. The zero-order valence-electron chi connectivity index (χ0n) is 22.5. The topological polar surface area (TPSA) is 82.8 Å². The average molecular weight is 531 g/mol. The van der Waals surface area contributed by atoms with Gasteiger partial charge in [-0.2, -0.15) is 0 Å². The number of hydrogen-bond donors (Lipinski definition) is 1. The van der Waals surface area contributed by atoms with E-state index in [1.54, 1.807) is 4.40 Å². The van der Waals surface area contributed by atoms with E-state index in [2.05, 4.69) is 25.1 Å². The van der Waals surface area contributed by atoms with Gasteiger partial charge in [-0.3, -0.25) is 9.59 Å². The summed E-state index contributed by atoms with van der Waals surface area (Å²) >= 11 is 0. The lowest BCUT2D eigenvalue weighted by Gasteiger charge is -2.36. The number of hydrogen-bond acceptors (Lipinski definition) is 6. The average Bonchev–Trinajstić information content (AvgIpc) is 3.37. The highest BCUT2D eigenvalue weighted by molar-refractivity contribution is 6.47. The number of aromatic nitrogens is 3. The Bertz CT molecular complexity index is 1670. The van der Waals surface area contributed by atoms with Crippen LogP contribution in [0, 0.1) is 13.8 Å². The number of carbonyl (C=O) groups excluding carboxylic acids is 2. The van der Waals surface area contributed by atoms with Gasteiger partial charge in [0.1, 0.15) is 5.69 Å². The fraction of sp³-hybridized carbons (Fsp3) is 0.188. The van der Waals surface area contributed by atoms with Crippen molar-refractivity contribution in [2.24, 2.45) is 0 Å². The summed E-state index contributed by atoms with van der Waals surface area (Å²) in [7, 11) is 0. The van der Waals surface area contributed by atoms with Crippen LogP contribution in [0.4, 0.5) is 17.3 Å². The molecule has 1 amide bonds. The Kier molecular flexibility index (Phi) is 6.74. The van der Waals surface area contributed by atoms with E-state index >= 15 is 0 Å². The summed E-state index contributed by atoms with van der Waals surface area (Å²) in [6.07, 6.45) is 1.81. The molecule has 8 heteroatoms. The maximum atomic E-state index is 13.5. The molecular formula is C32H30N6O2. The second kappa shape index (κ2) is 10.6. The van der Waals surface area contributed by atoms with Gasteiger partial charge in [-0.15, -0.1) is 0 Å². The highest BCUT2D eigenvalue weighted by Gasteiger charge is 2.25. The summed E-state index contributed by atoms with van der Waals surface area (Å²) in [5.74, 6) is -0.472. The molecule has 1 N–H and O–H groups in total. The first-order valence-corrected chi connectivity index (χ1v) is 13.4. The highest BCUT2D eigenvalue weighted by atomic mass is 16.2. The molecule has 5 aromatic rings. The fourth-order valence-electron chi connectivity index (χ4n) is 5.26. The Morgan fingerprint density at radius 1 is 0.750 bits per heavy atom. The van der Waals surface area contributed by atoms with Crippen LogP contribution in [0.15, 0.2) is 91.1 Å². The van der Waals surface area contributed by atoms with Crippen molar-refractivity contribution in [3.05, 3.63) is 108 Å². The van der Waals surface area contributed by atoms with E-state index in [1.165, 1.54) is 0 Å². The first kappa shape index (κ1) is 25.3. The van der Waals surface area contributed by atoms with Crippen LogP contribution < -0.4 is 15.1 Å². The summed E-state index contributed by atoms with van der Waals surface area (Å²) in [6.45, 7) is 7.31. The molecule has 40 heavy (non-hydrogen) atoms. The highest BCUT2D eigenvalue weighted by Crippen LogP contribution is 2.29. The Morgan fingerprint density at radius 3 is 2.10 bits per heavy atom. The molecule has 0 radical (unpaired) electrons. The number of benzene rings is 2. The number of ketones is 1. The normalized spacial score (nSPS) is 13.4. The molecule has 4 heterocycles. The Morgan fingerprint density at radius 2 is 1.40 bits per heavy atom. The Labute approximate surface area is 232 Å². The van der Waals surface area contributed by atoms with Crippen LogP contribution in [0.1, 0.15) is 21.9 Å². The van der Waals surface area contributed by atoms with Crippen LogP contribution >= 0.6 is 0 Å². The first-order valence-electron chi connectivity index (χ1n) is 13.4. The standard InChI is InChI=1S/C32H30N6O2/c1-22-20-23(2)34-32(33-22)37-18-16-36(17-19-37)26-13-11-25(12-14-26)35-31(40)30(39)29-28(24-8-4-3-5-9-24)21-27-10-6-7-15-38(27)29/h3-15,20-21H,16-19H2,1-2H3,(H,35,40). The van der Waals surface area contributed by atoms with Gasteiger partial charge in [0.2, 0.25) is 5.95 Å². The minimum absolute atomic E-state index is 0.349. The van der Waals surface area contributed by atoms with Gasteiger partial charge in [-0.05, 0) is 67.9 Å². The number of piperazine rings is 1. The second-order valence-corrected chi connectivity index (χ2v) is 10.0. The van der Waals surface area contributed by atoms with Gasteiger partial charge < -0.3 is 19.5 Å². The molecule has 0 saturated carbocycles. The molecule has 6 rings (SSSR count). The van der Waals surface area contributed by atoms with Crippen molar-refractivity contribution < 1.29 is 9.59 Å². The molecule has 0 unspecified atom stereocenters. The van der Waals surface area contributed by atoms with Crippen LogP contribution in [0.3, 0.4) is 0 Å². The van der Waals surface area contributed by atoms with E-state index in [1.807, 2.05) is 105 Å². The molecule has 0 spiro atoms. The predicted octanol–water partition coefficient (Wildman–Crippen LogP) is 5.16. The maximum absolute atomic E-state index is 13.5. The molecule has 200 valence electrons. The van der Waals surface area contributed by atoms with Crippen LogP contribution in [-0.2, 0) is 4.79 Å². The number of aryl methyl sites for hydroxylation is 2. The van der Waals surface area contributed by atoms with E-state index in [0.29, 0.717) is 11.4 Å². The van der Waals surface area contributed by atoms with Crippen LogP contribution in [0.2, 0.25) is 0 Å². The van der Waals surface area contributed by atoms with E-state index in [9.17, 15) is 9.59 Å². The zero-order chi connectivity index (χ0) is 27.6. The van der Waals surface area contributed by atoms with Gasteiger partial charge >= 0.3 is 0 Å². The van der Waals surface area contributed by atoms with E-state index in [0.717, 1.165) is 65.8 Å². The minimum Gasteiger partial charge on any atom is -0.368 e. The van der Waals surface area contributed by atoms with Crippen LogP contribution in [0.5, 0.6) is 0 Å². The number of carbonyl (C=O) groups is 2. The summed E-state index contributed by atoms with van der Waals surface area (Å²) in [5.41, 5.74) is 6.40. The van der Waals surface area contributed by atoms with Crippen molar-refractivity contribution in [3.63, 3.8) is 0 Å². The Hall–Kier alpha value is -4.98. The number of amides is 1. The summed E-state index contributed by atoms with van der Waals surface area (Å²) in [5, 5.41) is 2.80. The van der Waals surface area contributed by atoms with Gasteiger partial charge in [0.15, 0.2) is 0 Å². The van der Waals surface area contributed by atoms with Gasteiger partial charge in [0.25, 0.3) is 11.7 Å². The molecule has 0 atom stereocenters. The van der Waals surface area contributed by atoms with E-state index in [4.69, 9.17) is 0 Å². The largest absolute Gasteiger partial charge is 0.368 e. The van der Waals surface area contributed by atoms with Crippen molar-refractivity contribution in [1.82, 2.24) is 14.4 Å². The van der Waals surface area contributed by atoms with Crippen molar-refractivity contribution in [1.29, 1.82) is 0 Å².